The molecule has 2 fully saturated rings. The third kappa shape index (κ3) is 5.96. The Kier molecular flexibility index (Phi) is 7.77. The van der Waals surface area contributed by atoms with Crippen LogP contribution < -0.4 is 15.5 Å². The van der Waals surface area contributed by atoms with Crippen LogP contribution >= 0.6 is 11.3 Å². The highest BCUT2D eigenvalue weighted by atomic mass is 32.1. The summed E-state index contributed by atoms with van der Waals surface area (Å²) in [6.45, 7) is 8.56. The Morgan fingerprint density at radius 3 is 2.81 bits per heavy atom. The first-order chi connectivity index (χ1) is 15.2. The average Bonchev–Trinajstić information content (AvgIpc) is 3.51. The number of pyridine rings is 1. The van der Waals surface area contributed by atoms with E-state index in [1.165, 1.54) is 30.8 Å². The molecule has 0 saturated carbocycles. The molecule has 2 aromatic heterocycles. The summed E-state index contributed by atoms with van der Waals surface area (Å²) in [5, 5.41) is 9.13. The molecule has 31 heavy (non-hydrogen) atoms. The van der Waals surface area contributed by atoms with Gasteiger partial charge < -0.3 is 20.3 Å². The number of hydrogen-bond donors (Lipinski definition) is 2. The average molecular weight is 443 g/mol. The van der Waals surface area contributed by atoms with E-state index in [2.05, 4.69) is 67.0 Å². The standard InChI is InChI=1S/C23H34N6OS/c1-18-17-29(11-12-30-18)22-8-7-19(14-25-22)15-26-23(24-2)27-16-20(21-6-5-13-31-21)28-9-3-4-10-28/h5-8,13-14,18,20H,3-4,9-12,15-17H2,1-2H3,(H2,24,26,27). The van der Waals surface area contributed by atoms with E-state index < -0.39 is 0 Å². The lowest BCUT2D eigenvalue weighted by molar-refractivity contribution is 0.0529. The van der Waals surface area contributed by atoms with Gasteiger partial charge in [0.15, 0.2) is 5.96 Å². The summed E-state index contributed by atoms with van der Waals surface area (Å²) in [7, 11) is 1.83. The van der Waals surface area contributed by atoms with Gasteiger partial charge in [-0.1, -0.05) is 12.1 Å². The first kappa shape index (κ1) is 22.0. The fourth-order valence-electron chi connectivity index (χ4n) is 4.28. The SMILES string of the molecule is CN=C(NCc1ccc(N2CCOC(C)C2)nc1)NCC(c1cccs1)N1CCCC1. The molecule has 2 unspecified atom stereocenters. The van der Waals surface area contributed by atoms with Gasteiger partial charge in [-0.15, -0.1) is 11.3 Å². The number of likely N-dealkylation sites (tertiary alicyclic amines) is 1. The molecule has 2 saturated heterocycles. The number of ether oxygens (including phenoxy) is 1. The molecule has 2 aliphatic rings. The van der Waals surface area contributed by atoms with Crippen molar-refractivity contribution in [2.45, 2.75) is 38.5 Å². The van der Waals surface area contributed by atoms with Crippen LogP contribution in [0.4, 0.5) is 5.82 Å². The molecule has 4 heterocycles. The van der Waals surface area contributed by atoms with Crippen LogP contribution in [0.15, 0.2) is 40.8 Å². The van der Waals surface area contributed by atoms with E-state index >= 15 is 0 Å². The predicted octanol–water partition coefficient (Wildman–Crippen LogP) is 2.87. The quantitative estimate of drug-likeness (QED) is 0.508. The van der Waals surface area contributed by atoms with Crippen LogP contribution in [0, 0.1) is 0 Å². The van der Waals surface area contributed by atoms with Crippen molar-refractivity contribution >= 4 is 23.1 Å². The third-order valence-electron chi connectivity index (χ3n) is 5.97. The highest BCUT2D eigenvalue weighted by Gasteiger charge is 2.24. The van der Waals surface area contributed by atoms with Gasteiger partial charge >= 0.3 is 0 Å². The lowest BCUT2D eigenvalue weighted by Gasteiger charge is -2.32. The number of guanidine groups is 1. The minimum atomic E-state index is 0.254. The molecule has 0 aliphatic carbocycles. The van der Waals surface area contributed by atoms with Crippen molar-refractivity contribution in [3.05, 3.63) is 46.3 Å². The number of nitrogens with one attached hydrogen (secondary N) is 2. The monoisotopic (exact) mass is 442 g/mol. The Morgan fingerprint density at radius 1 is 1.26 bits per heavy atom. The smallest absolute Gasteiger partial charge is 0.191 e. The molecule has 7 nitrogen and oxygen atoms in total. The summed E-state index contributed by atoms with van der Waals surface area (Å²) >= 11 is 1.84. The fraction of sp³-hybridized carbons (Fsp3) is 0.565. The van der Waals surface area contributed by atoms with Gasteiger partial charge in [0.05, 0.1) is 18.8 Å². The molecule has 4 rings (SSSR count). The Labute approximate surface area is 189 Å². The molecule has 0 bridgehead atoms. The summed E-state index contributed by atoms with van der Waals surface area (Å²) < 4.78 is 5.62. The van der Waals surface area contributed by atoms with Gasteiger partial charge in [0.2, 0.25) is 0 Å². The Morgan fingerprint density at radius 2 is 2.13 bits per heavy atom. The number of anilines is 1. The zero-order valence-corrected chi connectivity index (χ0v) is 19.4. The first-order valence-corrected chi connectivity index (χ1v) is 12.1. The van der Waals surface area contributed by atoms with Crippen LogP contribution in [0.5, 0.6) is 0 Å². The van der Waals surface area contributed by atoms with Crippen LogP contribution in [0.2, 0.25) is 0 Å². The second-order valence-corrected chi connectivity index (χ2v) is 9.21. The summed E-state index contributed by atoms with van der Waals surface area (Å²) in [6, 6.07) is 9.03. The Hall–Kier alpha value is -2.16. The molecular weight excluding hydrogens is 408 g/mol. The highest BCUT2D eigenvalue weighted by molar-refractivity contribution is 7.10. The lowest BCUT2D eigenvalue weighted by atomic mass is 10.2. The van der Waals surface area contributed by atoms with Crippen LogP contribution in [0.25, 0.3) is 0 Å². The Balaban J connectivity index is 1.29. The summed E-state index contributed by atoms with van der Waals surface area (Å²) in [5.74, 6) is 1.85. The molecule has 0 radical (unpaired) electrons. The van der Waals surface area contributed by atoms with Gasteiger partial charge in [0.25, 0.3) is 0 Å². The first-order valence-electron chi connectivity index (χ1n) is 11.3. The normalized spacial score (nSPS) is 21.3. The van der Waals surface area contributed by atoms with Gasteiger partial charge in [-0.25, -0.2) is 4.98 Å². The molecule has 0 spiro atoms. The van der Waals surface area contributed by atoms with Gasteiger partial charge in [0, 0.05) is 44.3 Å². The predicted molar refractivity (Wildman–Crippen MR) is 128 cm³/mol. The van der Waals surface area contributed by atoms with Crippen molar-refractivity contribution in [1.29, 1.82) is 0 Å². The number of morpholine rings is 1. The summed E-state index contributed by atoms with van der Waals surface area (Å²) in [4.78, 5) is 15.4. The maximum absolute atomic E-state index is 5.62. The van der Waals surface area contributed by atoms with E-state index in [-0.39, 0.29) is 6.10 Å². The molecule has 168 valence electrons. The van der Waals surface area contributed by atoms with Crippen LogP contribution in [-0.2, 0) is 11.3 Å². The van der Waals surface area contributed by atoms with Gasteiger partial charge in [-0.2, -0.15) is 0 Å². The van der Waals surface area contributed by atoms with E-state index in [0.717, 1.165) is 43.6 Å². The molecule has 2 aliphatic heterocycles. The Bertz CT molecular complexity index is 819. The number of aromatic nitrogens is 1. The van der Waals surface area contributed by atoms with Gasteiger partial charge in [-0.05, 0) is 55.9 Å². The van der Waals surface area contributed by atoms with Crippen molar-refractivity contribution in [3.63, 3.8) is 0 Å². The molecular formula is C23H34N6OS. The number of rotatable bonds is 7. The number of nitrogens with zero attached hydrogens (tertiary/aromatic N) is 4. The van der Waals surface area contributed by atoms with E-state index in [4.69, 9.17) is 4.74 Å². The van der Waals surface area contributed by atoms with Gasteiger partial charge in [-0.3, -0.25) is 9.89 Å². The molecule has 2 N–H and O–H groups in total. The zero-order valence-electron chi connectivity index (χ0n) is 18.6. The second-order valence-electron chi connectivity index (χ2n) is 8.23. The van der Waals surface area contributed by atoms with Crippen molar-refractivity contribution in [2.24, 2.45) is 4.99 Å². The minimum Gasteiger partial charge on any atom is -0.375 e. The number of thiophene rings is 1. The topological polar surface area (TPSA) is 65.0 Å². The van der Waals surface area contributed by atoms with E-state index in [1.54, 1.807) is 0 Å². The fourth-order valence-corrected chi connectivity index (χ4v) is 5.14. The summed E-state index contributed by atoms with van der Waals surface area (Å²) in [5.41, 5.74) is 1.14. The maximum Gasteiger partial charge on any atom is 0.191 e. The van der Waals surface area contributed by atoms with E-state index in [9.17, 15) is 0 Å². The minimum absolute atomic E-state index is 0.254. The number of hydrogen-bond acceptors (Lipinski definition) is 6. The van der Waals surface area contributed by atoms with E-state index in [0.29, 0.717) is 12.6 Å². The largest absolute Gasteiger partial charge is 0.375 e. The second kappa shape index (κ2) is 10.9. The lowest BCUT2D eigenvalue weighted by Crippen LogP contribution is -2.42. The number of aliphatic imine (C=N–C) groups is 1. The third-order valence-corrected chi connectivity index (χ3v) is 6.95. The van der Waals surface area contributed by atoms with Crippen molar-refractivity contribution < 1.29 is 4.74 Å². The maximum atomic E-state index is 5.62. The van der Waals surface area contributed by atoms with E-state index in [1.807, 2.05) is 24.6 Å². The van der Waals surface area contributed by atoms with Crippen LogP contribution in [-0.4, -0.2) is 68.3 Å². The molecule has 0 aromatic carbocycles. The van der Waals surface area contributed by atoms with Crippen molar-refractivity contribution in [2.75, 3.05) is 51.3 Å². The molecule has 2 aromatic rings. The zero-order chi connectivity index (χ0) is 21.5. The van der Waals surface area contributed by atoms with Crippen molar-refractivity contribution in [3.8, 4) is 0 Å². The molecule has 0 amide bonds. The van der Waals surface area contributed by atoms with Crippen molar-refractivity contribution in [1.82, 2.24) is 20.5 Å². The molecule has 8 heteroatoms. The highest BCUT2D eigenvalue weighted by Crippen LogP contribution is 2.27. The van der Waals surface area contributed by atoms with Crippen LogP contribution in [0.1, 0.15) is 36.2 Å². The van der Waals surface area contributed by atoms with Crippen LogP contribution in [0.3, 0.4) is 0 Å². The molecule has 2 atom stereocenters. The summed E-state index contributed by atoms with van der Waals surface area (Å²) in [6.07, 6.45) is 4.79. The van der Waals surface area contributed by atoms with Gasteiger partial charge in [0.1, 0.15) is 5.82 Å².